The Morgan fingerprint density at radius 1 is 0.424 bits per heavy atom. The molecule has 0 rings (SSSR count). The van der Waals surface area contributed by atoms with Gasteiger partial charge in [0.15, 0.2) is 0 Å². The largest absolute Gasteiger partial charge is 0.756 e. The number of hydrogen-bond donors (Lipinski definition) is 1. The van der Waals surface area contributed by atoms with Crippen LogP contribution in [0.25, 0.3) is 0 Å². The molecule has 0 radical (unpaired) electrons. The Morgan fingerprint density at radius 2 is 0.753 bits per heavy atom. The van der Waals surface area contributed by atoms with E-state index in [9.17, 15) is 19.0 Å². The van der Waals surface area contributed by atoms with Crippen molar-refractivity contribution in [3.05, 3.63) is 97.2 Å². The third-order valence-electron chi connectivity index (χ3n) is 15.5. The van der Waals surface area contributed by atoms with Gasteiger partial charge >= 0.3 is 5.97 Å². The summed E-state index contributed by atoms with van der Waals surface area (Å²) in [5, 5.41) is 3.04. The molecule has 0 heterocycles. The summed E-state index contributed by atoms with van der Waals surface area (Å²) < 4.78 is 30.5. The van der Waals surface area contributed by atoms with Crippen LogP contribution in [0.4, 0.5) is 0 Å². The Balaban J connectivity index is 5.13. The highest BCUT2D eigenvalue weighted by atomic mass is 31.2. The van der Waals surface area contributed by atoms with Crippen LogP contribution in [-0.4, -0.2) is 69.4 Å². The lowest BCUT2D eigenvalue weighted by atomic mass is 10.0. The molecule has 0 aliphatic heterocycles. The smallest absolute Gasteiger partial charge is 0.306 e. The van der Waals surface area contributed by atoms with Crippen molar-refractivity contribution in [2.75, 3.05) is 40.9 Å². The minimum Gasteiger partial charge on any atom is -0.756 e. The second-order valence-corrected chi connectivity index (χ2v) is 26.4. The summed E-state index contributed by atoms with van der Waals surface area (Å²) in [6.45, 7) is 6.74. The van der Waals surface area contributed by atoms with Crippen LogP contribution in [0.2, 0.25) is 0 Å². The monoisotopic (exact) mass is 1210 g/mol. The van der Waals surface area contributed by atoms with Crippen molar-refractivity contribution >= 4 is 19.7 Å². The number of carbonyl (C=O) groups excluding carboxylic acids is 2. The molecule has 0 bridgehead atoms. The van der Waals surface area contributed by atoms with Gasteiger partial charge in [0, 0.05) is 12.8 Å². The van der Waals surface area contributed by atoms with Crippen molar-refractivity contribution in [3.8, 4) is 0 Å². The van der Waals surface area contributed by atoms with E-state index in [0.29, 0.717) is 17.4 Å². The molecule has 3 atom stereocenters. The van der Waals surface area contributed by atoms with Gasteiger partial charge in [0.2, 0.25) is 5.91 Å². The molecule has 0 aromatic rings. The number of esters is 1. The number of nitrogens with one attached hydrogen (secondary N) is 1. The molecule has 0 aliphatic carbocycles. The molecule has 492 valence electrons. The van der Waals surface area contributed by atoms with Gasteiger partial charge in [-0.3, -0.25) is 14.2 Å². The van der Waals surface area contributed by atoms with Crippen LogP contribution < -0.4 is 10.2 Å². The van der Waals surface area contributed by atoms with E-state index in [1.165, 1.54) is 173 Å². The molecule has 1 N–H and O–H groups in total. The van der Waals surface area contributed by atoms with E-state index in [1.54, 1.807) is 0 Å². The molecular weight excluding hydrogens is 1070 g/mol. The van der Waals surface area contributed by atoms with Gasteiger partial charge in [-0.2, -0.15) is 0 Å². The summed E-state index contributed by atoms with van der Waals surface area (Å²) in [6.07, 6.45) is 86.6. The summed E-state index contributed by atoms with van der Waals surface area (Å²) in [4.78, 5) is 40.2. The molecular formula is C75H135N2O7P. The maximum absolute atomic E-state index is 13.6. The first kappa shape index (κ1) is 81.9. The fraction of sp³-hybridized carbons (Fsp3) is 0.760. The lowest BCUT2D eigenvalue weighted by Gasteiger charge is -2.30. The minimum atomic E-state index is -4.71. The first-order chi connectivity index (χ1) is 41.4. The first-order valence-corrected chi connectivity index (χ1v) is 37.0. The van der Waals surface area contributed by atoms with E-state index in [-0.39, 0.29) is 24.9 Å². The third kappa shape index (κ3) is 65.2. The highest BCUT2D eigenvalue weighted by molar-refractivity contribution is 7.45. The van der Waals surface area contributed by atoms with Gasteiger partial charge in [-0.05, 0) is 109 Å². The molecule has 10 heteroatoms. The van der Waals surface area contributed by atoms with Gasteiger partial charge in [0.1, 0.15) is 19.3 Å². The molecule has 3 unspecified atom stereocenters. The number of unbranched alkanes of at least 4 members (excludes halogenated alkanes) is 34. The second kappa shape index (κ2) is 63.9. The van der Waals surface area contributed by atoms with Gasteiger partial charge in [-0.25, -0.2) is 0 Å². The number of amides is 1. The summed E-state index contributed by atoms with van der Waals surface area (Å²) in [5.41, 5.74) is 0. The quantitative estimate of drug-likeness (QED) is 0.0212. The zero-order chi connectivity index (χ0) is 62.1. The summed E-state index contributed by atoms with van der Waals surface area (Å²) in [7, 11) is 1.17. The van der Waals surface area contributed by atoms with Gasteiger partial charge in [-0.1, -0.05) is 292 Å². The third-order valence-corrected chi connectivity index (χ3v) is 16.5. The van der Waals surface area contributed by atoms with Crippen LogP contribution >= 0.6 is 7.82 Å². The molecule has 9 nitrogen and oxygen atoms in total. The number of phosphoric ester groups is 1. The summed E-state index contributed by atoms with van der Waals surface area (Å²) in [5.74, 6) is -0.548. The van der Waals surface area contributed by atoms with Crippen molar-refractivity contribution in [3.63, 3.8) is 0 Å². The number of quaternary nitrogens is 1. The summed E-state index contributed by atoms with van der Waals surface area (Å²) in [6, 6.07) is -0.900. The molecule has 0 spiro atoms. The number of likely N-dealkylation sites (N-methyl/N-ethyl adjacent to an activating group) is 1. The standard InChI is InChI=1S/C75H135N2O7P/c1-7-10-13-16-19-22-25-28-30-32-34-35-36-37-38-39-40-41-43-44-46-49-52-55-58-61-64-67-74(78)76-72(71-83-85(80,81)82-70-69-77(4,5)6)73(66-63-60-57-54-51-48-27-24-21-18-15-12-9-3)84-75(79)68-65-62-59-56-53-50-47-45-42-33-31-29-26-23-20-17-14-11-8-2/h10,13,19,22,28-31,34-35,37-38,40-41,63,66,72-73H,7-9,11-12,14-18,20-21,23-27,32-33,36,39,42-62,64-65,67-71H2,1-6H3,(H-,76,78,80,81)/b13-10-,22-19-,30-28-,31-29+,35-34-,38-37-,41-40-,66-63-. The Bertz CT molecular complexity index is 1780. The van der Waals surface area contributed by atoms with E-state index in [0.717, 1.165) is 109 Å². The van der Waals surface area contributed by atoms with Crippen LogP contribution in [0.3, 0.4) is 0 Å². The predicted octanol–water partition coefficient (Wildman–Crippen LogP) is 22.0. The maximum atomic E-state index is 13.6. The first-order valence-electron chi connectivity index (χ1n) is 35.5. The fourth-order valence-corrected chi connectivity index (χ4v) is 10.8. The van der Waals surface area contributed by atoms with E-state index in [2.05, 4.69) is 111 Å². The van der Waals surface area contributed by atoms with E-state index in [1.807, 2.05) is 33.3 Å². The molecule has 0 aromatic heterocycles. The van der Waals surface area contributed by atoms with E-state index in [4.69, 9.17) is 13.8 Å². The van der Waals surface area contributed by atoms with Gasteiger partial charge in [0.05, 0.1) is 33.8 Å². The predicted molar refractivity (Wildman–Crippen MR) is 367 cm³/mol. The molecule has 0 saturated carbocycles. The molecule has 85 heavy (non-hydrogen) atoms. The average Bonchev–Trinajstić information content (AvgIpc) is 3.53. The average molecular weight is 1210 g/mol. The Kier molecular flexibility index (Phi) is 61.6. The number of rotatable bonds is 64. The topological polar surface area (TPSA) is 114 Å². The van der Waals surface area contributed by atoms with Crippen molar-refractivity contribution in [2.24, 2.45) is 0 Å². The number of nitrogens with zero attached hydrogens (tertiary/aromatic N) is 1. The zero-order valence-electron chi connectivity index (χ0n) is 56.3. The SMILES string of the molecule is CC/C=C\C/C=C\C/C=C\C/C=C\C/C=C\C/C=C\CCCCCCCCCCC(=O)NC(COP(=O)([O-])OCC[N+](C)(C)C)C(/C=C\CCCCCCCCCCCCC)OC(=O)CCCCCCCCCCC/C=C/CCCCCCCC. The number of hydrogen-bond acceptors (Lipinski definition) is 7. The maximum Gasteiger partial charge on any atom is 0.306 e. The summed E-state index contributed by atoms with van der Waals surface area (Å²) >= 11 is 0. The van der Waals surface area contributed by atoms with Crippen LogP contribution in [0, 0.1) is 0 Å². The number of phosphoric acid groups is 1. The van der Waals surface area contributed by atoms with Crippen molar-refractivity contribution in [2.45, 2.75) is 328 Å². The highest BCUT2D eigenvalue weighted by Crippen LogP contribution is 2.38. The molecule has 0 fully saturated rings. The normalized spacial score (nSPS) is 14.1. The Hall–Kier alpha value is -3.07. The molecule has 0 aliphatic rings. The fourth-order valence-electron chi connectivity index (χ4n) is 10.1. The van der Waals surface area contributed by atoms with Crippen molar-refractivity contribution in [1.29, 1.82) is 0 Å². The minimum absolute atomic E-state index is 0.0276. The lowest BCUT2D eigenvalue weighted by Crippen LogP contribution is -2.47. The highest BCUT2D eigenvalue weighted by Gasteiger charge is 2.27. The van der Waals surface area contributed by atoms with Crippen LogP contribution in [0.5, 0.6) is 0 Å². The number of ether oxygens (including phenoxy) is 1. The number of carbonyl (C=O) groups is 2. The Morgan fingerprint density at radius 3 is 1.14 bits per heavy atom. The van der Waals surface area contributed by atoms with Crippen LogP contribution in [0.15, 0.2) is 97.2 Å². The van der Waals surface area contributed by atoms with Gasteiger partial charge in [-0.15, -0.1) is 0 Å². The van der Waals surface area contributed by atoms with Gasteiger partial charge < -0.3 is 28.5 Å². The van der Waals surface area contributed by atoms with E-state index < -0.39 is 26.6 Å². The van der Waals surface area contributed by atoms with E-state index >= 15 is 0 Å². The number of allylic oxidation sites excluding steroid dienone is 15. The lowest BCUT2D eigenvalue weighted by molar-refractivity contribution is -0.870. The zero-order valence-corrected chi connectivity index (χ0v) is 57.2. The molecule has 0 aromatic carbocycles. The van der Waals surface area contributed by atoms with Crippen LogP contribution in [-0.2, 0) is 27.9 Å². The van der Waals surface area contributed by atoms with Gasteiger partial charge in [0.25, 0.3) is 7.82 Å². The van der Waals surface area contributed by atoms with Crippen LogP contribution in [0.1, 0.15) is 316 Å². The Labute approximate surface area is 526 Å². The second-order valence-electron chi connectivity index (χ2n) is 25.0. The molecule has 1 amide bonds. The molecule has 0 saturated heterocycles. The van der Waals surface area contributed by atoms with Crippen molar-refractivity contribution < 1.29 is 37.3 Å². The van der Waals surface area contributed by atoms with Crippen molar-refractivity contribution in [1.82, 2.24) is 5.32 Å².